The second-order valence-electron chi connectivity index (χ2n) is 5.02. The Morgan fingerprint density at radius 3 is 2.72 bits per heavy atom. The van der Waals surface area contributed by atoms with E-state index in [0.29, 0.717) is 13.1 Å². The number of hydrogen-bond donors (Lipinski definition) is 0. The Morgan fingerprint density at radius 2 is 2.11 bits per heavy atom. The third kappa shape index (κ3) is 3.12. The zero-order chi connectivity index (χ0) is 13.1. The molecule has 1 aromatic heterocycles. The maximum atomic E-state index is 12.4. The first-order valence-corrected chi connectivity index (χ1v) is 7.50. The van der Waals surface area contributed by atoms with Gasteiger partial charge in [-0.1, -0.05) is 13.3 Å². The van der Waals surface area contributed by atoms with Crippen molar-refractivity contribution in [3.8, 4) is 0 Å². The van der Waals surface area contributed by atoms with E-state index in [1.807, 2.05) is 30.2 Å². The van der Waals surface area contributed by atoms with Crippen molar-refractivity contribution in [1.29, 1.82) is 0 Å². The van der Waals surface area contributed by atoms with E-state index in [1.165, 1.54) is 4.88 Å². The SMILES string of the molecule is CCCc1cc(C(=O)N2C[C@H](C)O[C@@H](C)C2)cs1. The first-order chi connectivity index (χ1) is 8.60. The van der Waals surface area contributed by atoms with E-state index < -0.39 is 0 Å². The Morgan fingerprint density at radius 1 is 1.44 bits per heavy atom. The normalized spacial score (nSPS) is 24.3. The van der Waals surface area contributed by atoms with Crippen molar-refractivity contribution >= 4 is 17.2 Å². The predicted molar refractivity (Wildman–Crippen MR) is 74.2 cm³/mol. The van der Waals surface area contributed by atoms with Crippen molar-refractivity contribution in [2.45, 2.75) is 45.8 Å². The van der Waals surface area contributed by atoms with E-state index in [1.54, 1.807) is 11.3 Å². The number of aryl methyl sites for hydroxylation is 1. The van der Waals surface area contributed by atoms with Crippen LogP contribution in [0.1, 0.15) is 42.4 Å². The zero-order valence-corrected chi connectivity index (χ0v) is 12.1. The minimum absolute atomic E-state index is 0.131. The summed E-state index contributed by atoms with van der Waals surface area (Å²) in [7, 11) is 0. The average Bonchev–Trinajstić information content (AvgIpc) is 2.76. The molecule has 0 spiro atoms. The van der Waals surface area contributed by atoms with Crippen LogP contribution in [-0.4, -0.2) is 36.1 Å². The minimum atomic E-state index is 0.131. The molecule has 1 aliphatic heterocycles. The number of hydrogen-bond acceptors (Lipinski definition) is 3. The molecule has 18 heavy (non-hydrogen) atoms. The van der Waals surface area contributed by atoms with Gasteiger partial charge in [0.15, 0.2) is 0 Å². The highest BCUT2D eigenvalue weighted by molar-refractivity contribution is 7.10. The van der Waals surface area contributed by atoms with Crippen molar-refractivity contribution < 1.29 is 9.53 Å². The lowest BCUT2D eigenvalue weighted by Crippen LogP contribution is -2.48. The number of carbonyl (C=O) groups excluding carboxylic acids is 1. The van der Waals surface area contributed by atoms with Gasteiger partial charge in [0.05, 0.1) is 17.8 Å². The monoisotopic (exact) mass is 267 g/mol. The maximum Gasteiger partial charge on any atom is 0.254 e. The van der Waals surface area contributed by atoms with E-state index in [4.69, 9.17) is 4.74 Å². The van der Waals surface area contributed by atoms with E-state index in [0.717, 1.165) is 18.4 Å². The summed E-state index contributed by atoms with van der Waals surface area (Å²) in [4.78, 5) is 15.6. The molecule has 1 aromatic rings. The molecule has 1 fully saturated rings. The number of thiophene rings is 1. The van der Waals surface area contributed by atoms with Crippen molar-refractivity contribution in [1.82, 2.24) is 4.90 Å². The largest absolute Gasteiger partial charge is 0.372 e. The quantitative estimate of drug-likeness (QED) is 0.842. The molecule has 2 heterocycles. The number of rotatable bonds is 3. The molecule has 4 heteroatoms. The van der Waals surface area contributed by atoms with Crippen LogP contribution in [-0.2, 0) is 11.2 Å². The minimum Gasteiger partial charge on any atom is -0.372 e. The summed E-state index contributed by atoms with van der Waals surface area (Å²) in [6.07, 6.45) is 2.45. The summed E-state index contributed by atoms with van der Waals surface area (Å²) in [6.45, 7) is 7.59. The molecule has 3 nitrogen and oxygen atoms in total. The van der Waals surface area contributed by atoms with Crippen LogP contribution in [0.3, 0.4) is 0 Å². The fraction of sp³-hybridized carbons (Fsp3) is 0.643. The third-order valence-electron chi connectivity index (χ3n) is 3.10. The van der Waals surface area contributed by atoms with Crippen LogP contribution in [0, 0.1) is 0 Å². The van der Waals surface area contributed by atoms with Crippen molar-refractivity contribution in [2.24, 2.45) is 0 Å². The number of nitrogens with zero attached hydrogens (tertiary/aromatic N) is 1. The standard InChI is InChI=1S/C14H21NO2S/c1-4-5-13-6-12(9-18-13)14(16)15-7-10(2)17-11(3)8-15/h6,9-11H,4-5,7-8H2,1-3H3/t10-,11-/m0/s1. The van der Waals surface area contributed by atoms with Gasteiger partial charge in [0, 0.05) is 23.3 Å². The maximum absolute atomic E-state index is 12.4. The number of ether oxygens (including phenoxy) is 1. The van der Waals surface area contributed by atoms with Gasteiger partial charge in [-0.3, -0.25) is 4.79 Å². The molecule has 0 unspecified atom stereocenters. The van der Waals surface area contributed by atoms with Crippen LogP contribution in [0.5, 0.6) is 0 Å². The predicted octanol–water partition coefficient (Wildman–Crippen LogP) is 2.95. The number of carbonyl (C=O) groups is 1. The fourth-order valence-corrected chi connectivity index (χ4v) is 3.36. The molecular weight excluding hydrogens is 246 g/mol. The summed E-state index contributed by atoms with van der Waals surface area (Å²) in [6, 6.07) is 2.04. The zero-order valence-electron chi connectivity index (χ0n) is 11.3. The van der Waals surface area contributed by atoms with Gasteiger partial charge in [-0.2, -0.15) is 0 Å². The summed E-state index contributed by atoms with van der Waals surface area (Å²) < 4.78 is 5.65. The molecule has 0 bridgehead atoms. The van der Waals surface area contributed by atoms with Gasteiger partial charge in [-0.15, -0.1) is 11.3 Å². The van der Waals surface area contributed by atoms with Gasteiger partial charge in [0.1, 0.15) is 0 Å². The fourth-order valence-electron chi connectivity index (χ4n) is 2.40. The lowest BCUT2D eigenvalue weighted by molar-refractivity contribution is -0.0586. The molecule has 1 amide bonds. The summed E-state index contributed by atoms with van der Waals surface area (Å²) in [5.74, 6) is 0.149. The molecular formula is C14H21NO2S. The number of amides is 1. The van der Waals surface area contributed by atoms with Gasteiger partial charge < -0.3 is 9.64 Å². The lowest BCUT2D eigenvalue weighted by Gasteiger charge is -2.35. The Hall–Kier alpha value is -0.870. The first kappa shape index (κ1) is 13.6. The van der Waals surface area contributed by atoms with Crippen molar-refractivity contribution in [3.05, 3.63) is 21.9 Å². The van der Waals surface area contributed by atoms with Crippen molar-refractivity contribution in [3.63, 3.8) is 0 Å². The van der Waals surface area contributed by atoms with Gasteiger partial charge in [-0.05, 0) is 26.3 Å². The van der Waals surface area contributed by atoms with Crippen LogP contribution < -0.4 is 0 Å². The molecule has 0 aliphatic carbocycles. The lowest BCUT2D eigenvalue weighted by atomic mass is 10.2. The smallest absolute Gasteiger partial charge is 0.254 e. The Balaban J connectivity index is 2.05. The average molecular weight is 267 g/mol. The van der Waals surface area contributed by atoms with E-state index in [-0.39, 0.29) is 18.1 Å². The second-order valence-corrected chi connectivity index (χ2v) is 6.01. The van der Waals surface area contributed by atoms with Crippen LogP contribution in [0.25, 0.3) is 0 Å². The van der Waals surface area contributed by atoms with Crippen LogP contribution >= 0.6 is 11.3 Å². The molecule has 0 saturated carbocycles. The van der Waals surface area contributed by atoms with E-state index in [2.05, 4.69) is 6.92 Å². The Bertz CT molecular complexity index is 406. The van der Waals surface area contributed by atoms with Crippen LogP contribution in [0.2, 0.25) is 0 Å². The molecule has 100 valence electrons. The van der Waals surface area contributed by atoms with Gasteiger partial charge in [0.2, 0.25) is 0 Å². The highest BCUT2D eigenvalue weighted by Gasteiger charge is 2.26. The van der Waals surface area contributed by atoms with E-state index in [9.17, 15) is 4.79 Å². The molecule has 2 rings (SSSR count). The van der Waals surface area contributed by atoms with E-state index >= 15 is 0 Å². The molecule has 2 atom stereocenters. The highest BCUT2D eigenvalue weighted by Crippen LogP contribution is 2.20. The highest BCUT2D eigenvalue weighted by atomic mass is 32.1. The third-order valence-corrected chi connectivity index (χ3v) is 4.10. The molecule has 1 aliphatic rings. The number of morpholine rings is 1. The van der Waals surface area contributed by atoms with Gasteiger partial charge in [0.25, 0.3) is 5.91 Å². The molecule has 0 radical (unpaired) electrons. The molecule has 0 aromatic carbocycles. The first-order valence-electron chi connectivity index (χ1n) is 6.62. The summed E-state index contributed by atoms with van der Waals surface area (Å²) in [5.41, 5.74) is 0.838. The van der Waals surface area contributed by atoms with Crippen molar-refractivity contribution in [2.75, 3.05) is 13.1 Å². The van der Waals surface area contributed by atoms with Gasteiger partial charge >= 0.3 is 0 Å². The second kappa shape index (κ2) is 5.85. The summed E-state index contributed by atoms with van der Waals surface area (Å²) in [5, 5.41) is 1.98. The van der Waals surface area contributed by atoms with Crippen LogP contribution in [0.4, 0.5) is 0 Å². The Kier molecular flexibility index (Phi) is 4.40. The Labute approximate surface area is 113 Å². The molecule has 1 saturated heterocycles. The topological polar surface area (TPSA) is 29.5 Å². The molecule has 0 N–H and O–H groups in total. The van der Waals surface area contributed by atoms with Gasteiger partial charge in [-0.25, -0.2) is 0 Å². The summed E-state index contributed by atoms with van der Waals surface area (Å²) >= 11 is 1.69. The van der Waals surface area contributed by atoms with Crippen LogP contribution in [0.15, 0.2) is 11.4 Å².